The highest BCUT2D eigenvalue weighted by molar-refractivity contribution is 5.66. The van der Waals surface area contributed by atoms with E-state index in [1.165, 1.54) is 12.1 Å². The summed E-state index contributed by atoms with van der Waals surface area (Å²) in [5, 5.41) is 0. The number of benzene rings is 4. The lowest BCUT2D eigenvalue weighted by Gasteiger charge is -2.19. The van der Waals surface area contributed by atoms with Gasteiger partial charge < -0.3 is 4.74 Å². The van der Waals surface area contributed by atoms with Gasteiger partial charge in [0.05, 0.1) is 5.56 Å². The van der Waals surface area contributed by atoms with Crippen LogP contribution in [0.2, 0.25) is 0 Å². The van der Waals surface area contributed by atoms with E-state index in [9.17, 15) is 43.9 Å². The Morgan fingerprint density at radius 2 is 1.24 bits per heavy atom. The van der Waals surface area contributed by atoms with Crippen LogP contribution in [0, 0.1) is 58.4 Å². The molecule has 41 heavy (non-hydrogen) atoms. The van der Waals surface area contributed by atoms with Crippen LogP contribution in [0.25, 0.3) is 11.1 Å². The molecule has 0 aliphatic heterocycles. The number of alkyl halides is 2. The summed E-state index contributed by atoms with van der Waals surface area (Å²) in [4.78, 5) is 0. The first-order valence-corrected chi connectivity index (χ1v) is 11.8. The highest BCUT2D eigenvalue weighted by Crippen LogP contribution is 2.36. The van der Waals surface area contributed by atoms with Gasteiger partial charge in [-0.15, -0.1) is 0 Å². The van der Waals surface area contributed by atoms with E-state index in [0.29, 0.717) is 24.1 Å². The third-order valence-electron chi connectivity index (χ3n) is 5.79. The smallest absolute Gasteiger partial charge is 0.429 e. The molecule has 212 valence electrons. The molecule has 0 spiro atoms. The van der Waals surface area contributed by atoms with Gasteiger partial charge in [0, 0.05) is 23.3 Å². The fourth-order valence-electron chi connectivity index (χ4n) is 3.93. The molecule has 1 nitrogen and oxygen atoms in total. The topological polar surface area (TPSA) is 9.23 Å². The molecule has 0 aliphatic carbocycles. The van der Waals surface area contributed by atoms with E-state index < -0.39 is 75.1 Å². The number of halogens is 10. The number of rotatable bonds is 6. The van der Waals surface area contributed by atoms with Crippen molar-refractivity contribution < 1.29 is 48.6 Å². The molecular weight excluding hydrogens is 566 g/mol. The predicted molar refractivity (Wildman–Crippen MR) is 129 cm³/mol. The summed E-state index contributed by atoms with van der Waals surface area (Å²) in [6, 6.07) is 6.58. The van der Waals surface area contributed by atoms with Gasteiger partial charge in [0.15, 0.2) is 17.5 Å². The van der Waals surface area contributed by atoms with E-state index in [-0.39, 0.29) is 23.3 Å². The minimum atomic E-state index is -4.82. The van der Waals surface area contributed by atoms with Gasteiger partial charge in [-0.25, -0.2) is 35.1 Å². The van der Waals surface area contributed by atoms with Crippen LogP contribution in [-0.4, -0.2) is 0 Å². The van der Waals surface area contributed by atoms with E-state index in [0.717, 1.165) is 18.6 Å². The standard InChI is InChI=1S/C30H16F10O/c1-2-3-15-4-6-19(21(31)8-15)17-11-22(32)20(23(33)12-17)7-5-16-9-24(34)28(25(35)10-16)30(39,40)41-18-13-26(36)29(38)27(37)14-18/h4,6,8-14H,2-3H2,1H3. The molecular formula is C30H16F10O. The molecule has 11 heteroatoms. The second-order valence-electron chi connectivity index (χ2n) is 8.76. The summed E-state index contributed by atoms with van der Waals surface area (Å²) in [7, 11) is 0. The molecule has 0 heterocycles. The SMILES string of the molecule is CCCc1ccc(-c2cc(F)c(C#Cc3cc(F)c(C(F)(F)Oc4cc(F)c(F)c(F)c4)c(F)c3)c(F)c2)c(F)c1. The minimum Gasteiger partial charge on any atom is -0.429 e. The summed E-state index contributed by atoms with van der Waals surface area (Å²) in [5.74, 6) is -9.90. The monoisotopic (exact) mass is 582 g/mol. The molecule has 0 bridgehead atoms. The van der Waals surface area contributed by atoms with E-state index >= 15 is 0 Å². The van der Waals surface area contributed by atoms with Gasteiger partial charge in [-0.2, -0.15) is 8.78 Å². The Labute approximate surface area is 227 Å². The maximum Gasteiger partial charge on any atom is 0.432 e. The molecule has 0 fully saturated rings. The van der Waals surface area contributed by atoms with E-state index in [4.69, 9.17) is 0 Å². The van der Waals surface area contributed by atoms with E-state index in [1.807, 2.05) is 12.8 Å². The van der Waals surface area contributed by atoms with Gasteiger partial charge in [0.1, 0.15) is 40.4 Å². The van der Waals surface area contributed by atoms with Crippen molar-refractivity contribution in [1.29, 1.82) is 0 Å². The quantitative estimate of drug-likeness (QED) is 0.125. The maximum absolute atomic E-state index is 14.7. The number of hydrogen-bond donors (Lipinski definition) is 0. The molecule has 0 aromatic heterocycles. The second-order valence-corrected chi connectivity index (χ2v) is 8.76. The molecule has 0 radical (unpaired) electrons. The largest absolute Gasteiger partial charge is 0.432 e. The van der Waals surface area contributed by atoms with Crippen molar-refractivity contribution >= 4 is 0 Å². The van der Waals surface area contributed by atoms with E-state index in [2.05, 4.69) is 10.7 Å². The Morgan fingerprint density at radius 1 is 0.659 bits per heavy atom. The van der Waals surface area contributed by atoms with Crippen molar-refractivity contribution in [3.63, 3.8) is 0 Å². The Balaban J connectivity index is 1.62. The van der Waals surface area contributed by atoms with Gasteiger partial charge in [-0.05, 0) is 47.9 Å². The first kappa shape index (κ1) is 29.5. The zero-order valence-electron chi connectivity index (χ0n) is 20.8. The van der Waals surface area contributed by atoms with Gasteiger partial charge in [0.25, 0.3) is 0 Å². The van der Waals surface area contributed by atoms with Crippen LogP contribution < -0.4 is 4.74 Å². The molecule has 0 unspecified atom stereocenters. The van der Waals surface area contributed by atoms with Gasteiger partial charge in [-0.3, -0.25) is 0 Å². The van der Waals surface area contributed by atoms with Crippen molar-refractivity contribution in [3.8, 4) is 28.7 Å². The Bertz CT molecular complexity index is 1630. The first-order chi connectivity index (χ1) is 19.3. The Hall–Kier alpha value is -4.46. The van der Waals surface area contributed by atoms with Crippen LogP contribution in [0.1, 0.15) is 35.6 Å². The zero-order chi connectivity index (χ0) is 30.1. The average Bonchev–Trinajstić information content (AvgIpc) is 2.86. The fourth-order valence-corrected chi connectivity index (χ4v) is 3.93. The molecule has 0 saturated heterocycles. The normalized spacial score (nSPS) is 11.3. The molecule has 4 aromatic carbocycles. The maximum atomic E-state index is 14.7. The van der Waals surface area contributed by atoms with Crippen LogP contribution in [0.3, 0.4) is 0 Å². The van der Waals surface area contributed by atoms with Crippen LogP contribution in [0.4, 0.5) is 43.9 Å². The lowest BCUT2D eigenvalue weighted by atomic mass is 9.99. The Kier molecular flexibility index (Phi) is 8.33. The highest BCUT2D eigenvalue weighted by Gasteiger charge is 2.41. The van der Waals surface area contributed by atoms with Gasteiger partial charge in [-0.1, -0.05) is 37.3 Å². The molecule has 0 N–H and O–H groups in total. The first-order valence-electron chi connectivity index (χ1n) is 11.8. The van der Waals surface area contributed by atoms with Crippen LogP contribution in [-0.2, 0) is 12.5 Å². The third kappa shape index (κ3) is 6.32. The van der Waals surface area contributed by atoms with Crippen LogP contribution >= 0.6 is 0 Å². The van der Waals surface area contributed by atoms with Crippen molar-refractivity contribution in [1.82, 2.24) is 0 Å². The number of hydrogen-bond acceptors (Lipinski definition) is 1. The minimum absolute atomic E-state index is 0.0478. The fraction of sp³-hybridized carbons (Fsp3) is 0.133. The lowest BCUT2D eigenvalue weighted by molar-refractivity contribution is -0.189. The van der Waals surface area contributed by atoms with Crippen molar-refractivity contribution in [2.24, 2.45) is 0 Å². The van der Waals surface area contributed by atoms with E-state index in [1.54, 1.807) is 6.07 Å². The molecule has 0 saturated carbocycles. The van der Waals surface area contributed by atoms with Crippen LogP contribution in [0.15, 0.2) is 54.6 Å². The van der Waals surface area contributed by atoms with Crippen LogP contribution in [0.5, 0.6) is 5.75 Å². The second kappa shape index (κ2) is 11.6. The lowest BCUT2D eigenvalue weighted by Crippen LogP contribution is -2.25. The number of ether oxygens (including phenoxy) is 1. The summed E-state index contributed by atoms with van der Waals surface area (Å²) >= 11 is 0. The molecule has 4 rings (SSSR count). The molecule has 4 aromatic rings. The third-order valence-corrected chi connectivity index (χ3v) is 5.79. The van der Waals surface area contributed by atoms with Gasteiger partial charge in [0.2, 0.25) is 0 Å². The van der Waals surface area contributed by atoms with Gasteiger partial charge >= 0.3 is 6.11 Å². The number of aryl methyl sites for hydroxylation is 1. The molecule has 0 amide bonds. The summed E-state index contributed by atoms with van der Waals surface area (Å²) in [6.07, 6.45) is -3.45. The van der Waals surface area contributed by atoms with Crippen molar-refractivity contribution in [3.05, 3.63) is 123 Å². The molecule has 0 aliphatic rings. The zero-order valence-corrected chi connectivity index (χ0v) is 20.8. The average molecular weight is 582 g/mol. The van der Waals surface area contributed by atoms with Crippen molar-refractivity contribution in [2.75, 3.05) is 0 Å². The highest BCUT2D eigenvalue weighted by atomic mass is 19.3. The summed E-state index contributed by atoms with van der Waals surface area (Å²) in [6.45, 7) is 1.90. The molecule has 0 atom stereocenters. The Morgan fingerprint density at radius 3 is 1.78 bits per heavy atom. The van der Waals surface area contributed by atoms with Crippen molar-refractivity contribution in [2.45, 2.75) is 25.9 Å². The summed E-state index contributed by atoms with van der Waals surface area (Å²) in [5.41, 5.74) is -2.92. The summed E-state index contributed by atoms with van der Waals surface area (Å²) < 4.78 is 146. The predicted octanol–water partition coefficient (Wildman–Crippen LogP) is 8.95.